The van der Waals surface area contributed by atoms with Gasteiger partial charge in [-0.1, -0.05) is 45.9 Å². The van der Waals surface area contributed by atoms with Crippen LogP contribution >= 0.6 is 0 Å². The van der Waals surface area contributed by atoms with E-state index in [0.717, 1.165) is 37.2 Å². The molecule has 1 unspecified atom stereocenters. The third-order valence-corrected chi connectivity index (χ3v) is 9.77. The maximum atomic E-state index is 13.2. The number of fused-ring (bicyclic) bond motifs is 1. The number of nitrogens with zero attached hydrogens (tertiary/aromatic N) is 1. The van der Waals surface area contributed by atoms with Crippen molar-refractivity contribution in [2.45, 2.75) is 63.0 Å². The first-order valence-corrected chi connectivity index (χ1v) is 13.9. The van der Waals surface area contributed by atoms with Crippen LogP contribution in [0.1, 0.15) is 50.8 Å². The highest BCUT2D eigenvalue weighted by Crippen LogP contribution is 2.40. The summed E-state index contributed by atoms with van der Waals surface area (Å²) in [7, 11) is -1.31. The van der Waals surface area contributed by atoms with Gasteiger partial charge < -0.3 is 20.4 Å². The van der Waals surface area contributed by atoms with Crippen LogP contribution in [0.15, 0.2) is 42.5 Å². The van der Waals surface area contributed by atoms with E-state index in [1.54, 1.807) is 18.2 Å². The minimum atomic E-state index is -1.31. The number of piperidine rings is 1. The van der Waals surface area contributed by atoms with E-state index in [4.69, 9.17) is 0 Å². The van der Waals surface area contributed by atoms with Crippen LogP contribution < -0.4 is 5.32 Å². The minimum Gasteiger partial charge on any atom is -0.508 e. The van der Waals surface area contributed by atoms with Gasteiger partial charge in [-0.3, -0.25) is 9.00 Å². The molecular formula is C28H38N2O4S. The van der Waals surface area contributed by atoms with Gasteiger partial charge in [-0.05, 0) is 77.6 Å². The summed E-state index contributed by atoms with van der Waals surface area (Å²) in [4.78, 5) is 15.7. The predicted molar refractivity (Wildman–Crippen MR) is 140 cm³/mol. The summed E-state index contributed by atoms with van der Waals surface area (Å²) in [5.41, 5.74) is 3.02. The van der Waals surface area contributed by atoms with Gasteiger partial charge in [-0.25, -0.2) is 0 Å². The molecule has 5 atom stereocenters. The van der Waals surface area contributed by atoms with Crippen molar-refractivity contribution in [3.05, 3.63) is 59.2 Å². The number of rotatable bonds is 6. The number of hydrogen-bond donors (Lipinski definition) is 3. The SMILES string of the molecule is CC(C)[C@@H](CN1CC[C@@](C)(c2cccc(O)c2)[C@@H](C)C1)NC(=O)[C@@H]1Cc2ccc(O)cc2CS1=O. The Morgan fingerprint density at radius 2 is 1.91 bits per heavy atom. The summed E-state index contributed by atoms with van der Waals surface area (Å²) in [5, 5.41) is 22.3. The molecular weight excluding hydrogens is 460 g/mol. The van der Waals surface area contributed by atoms with Crippen molar-refractivity contribution in [3.63, 3.8) is 0 Å². The Morgan fingerprint density at radius 3 is 2.60 bits per heavy atom. The Morgan fingerprint density at radius 1 is 1.17 bits per heavy atom. The maximum Gasteiger partial charge on any atom is 0.236 e. The average Bonchev–Trinajstić information content (AvgIpc) is 2.80. The summed E-state index contributed by atoms with van der Waals surface area (Å²) in [6, 6.07) is 12.7. The molecule has 1 saturated heterocycles. The zero-order valence-electron chi connectivity index (χ0n) is 21.2. The molecule has 190 valence electrons. The number of phenols is 2. The first kappa shape index (κ1) is 25.7. The molecule has 6 nitrogen and oxygen atoms in total. The highest BCUT2D eigenvalue weighted by atomic mass is 32.2. The van der Waals surface area contributed by atoms with Crippen LogP contribution in [0.25, 0.3) is 0 Å². The standard InChI is InChI=1S/C28H38N2O4S/c1-18(2)25(29-27(33)26-13-20-8-9-24(32)12-21(20)17-35(26)34)16-30-11-10-28(4,19(3)15-30)22-6-5-7-23(31)14-22/h5-9,12,14,18-19,25-26,31-32H,10-11,13,15-17H2,1-4H3,(H,29,33)/t19-,25+,26-,28+,35?/m0/s1. The molecule has 2 aromatic carbocycles. The van der Waals surface area contributed by atoms with Crippen LogP contribution in [-0.2, 0) is 33.2 Å². The summed E-state index contributed by atoms with van der Waals surface area (Å²) in [6.45, 7) is 11.4. The molecule has 4 rings (SSSR count). The van der Waals surface area contributed by atoms with Gasteiger partial charge in [0, 0.05) is 35.7 Å². The lowest BCUT2D eigenvalue weighted by Gasteiger charge is -2.46. The lowest BCUT2D eigenvalue weighted by atomic mass is 9.68. The van der Waals surface area contributed by atoms with Crippen LogP contribution in [0.2, 0.25) is 0 Å². The zero-order chi connectivity index (χ0) is 25.3. The van der Waals surface area contributed by atoms with E-state index in [1.807, 2.05) is 18.2 Å². The molecule has 2 aliphatic rings. The summed E-state index contributed by atoms with van der Waals surface area (Å²) >= 11 is 0. The third kappa shape index (κ3) is 5.56. The number of phenolic OH excluding ortho intramolecular Hbond substituents is 2. The smallest absolute Gasteiger partial charge is 0.236 e. The Balaban J connectivity index is 1.40. The first-order chi connectivity index (χ1) is 16.6. The molecule has 35 heavy (non-hydrogen) atoms. The predicted octanol–water partition coefficient (Wildman–Crippen LogP) is 3.71. The fourth-order valence-corrected chi connectivity index (χ4v) is 6.90. The van der Waals surface area contributed by atoms with E-state index in [2.05, 4.69) is 44.0 Å². The van der Waals surface area contributed by atoms with Gasteiger partial charge in [0.05, 0.1) is 0 Å². The molecule has 2 aromatic rings. The molecule has 0 spiro atoms. The first-order valence-electron chi connectivity index (χ1n) is 12.6. The second kappa shape index (κ2) is 10.3. The van der Waals surface area contributed by atoms with Crippen LogP contribution in [0, 0.1) is 11.8 Å². The van der Waals surface area contributed by atoms with E-state index >= 15 is 0 Å². The van der Waals surface area contributed by atoms with Crippen LogP contribution in [0.3, 0.4) is 0 Å². The second-order valence-electron chi connectivity index (χ2n) is 10.9. The highest BCUT2D eigenvalue weighted by Gasteiger charge is 2.39. The van der Waals surface area contributed by atoms with Gasteiger partial charge in [0.15, 0.2) is 0 Å². The molecule has 2 aliphatic heterocycles. The number of benzene rings is 2. The van der Waals surface area contributed by atoms with Crippen molar-refractivity contribution in [2.75, 3.05) is 19.6 Å². The van der Waals surface area contributed by atoms with Gasteiger partial charge >= 0.3 is 0 Å². The van der Waals surface area contributed by atoms with Gasteiger partial charge in [-0.2, -0.15) is 0 Å². The van der Waals surface area contributed by atoms with Crippen molar-refractivity contribution in [1.29, 1.82) is 0 Å². The summed E-state index contributed by atoms with van der Waals surface area (Å²) in [6.07, 6.45) is 1.41. The Labute approximate surface area is 211 Å². The normalized spacial score (nSPS) is 27.9. The molecule has 0 aromatic heterocycles. The minimum absolute atomic E-state index is 0.00730. The number of carbonyl (C=O) groups excluding carboxylic acids is 1. The number of amides is 1. The number of hydrogen-bond acceptors (Lipinski definition) is 5. The number of likely N-dealkylation sites (tertiary alicyclic amines) is 1. The largest absolute Gasteiger partial charge is 0.508 e. The van der Waals surface area contributed by atoms with Gasteiger partial charge in [-0.15, -0.1) is 0 Å². The molecule has 0 radical (unpaired) electrons. The fourth-order valence-electron chi connectivity index (χ4n) is 5.45. The second-order valence-corrected chi connectivity index (χ2v) is 12.5. The monoisotopic (exact) mass is 498 g/mol. The topological polar surface area (TPSA) is 89.9 Å². The van der Waals surface area contributed by atoms with Crippen molar-refractivity contribution in [2.24, 2.45) is 11.8 Å². The van der Waals surface area contributed by atoms with Crippen molar-refractivity contribution < 1.29 is 19.2 Å². The van der Waals surface area contributed by atoms with Gasteiger partial charge in [0.25, 0.3) is 0 Å². The lowest BCUT2D eigenvalue weighted by Crippen LogP contribution is -2.55. The quantitative estimate of drug-likeness (QED) is 0.565. The van der Waals surface area contributed by atoms with Crippen molar-refractivity contribution in [1.82, 2.24) is 10.2 Å². The van der Waals surface area contributed by atoms with Crippen molar-refractivity contribution >= 4 is 16.7 Å². The zero-order valence-corrected chi connectivity index (χ0v) is 22.0. The van der Waals surface area contributed by atoms with E-state index in [-0.39, 0.29) is 29.0 Å². The Hall–Kier alpha value is -2.38. The maximum absolute atomic E-state index is 13.2. The molecule has 0 aliphatic carbocycles. The van der Waals surface area contributed by atoms with E-state index < -0.39 is 16.0 Å². The third-order valence-electron chi connectivity index (χ3n) is 8.16. The average molecular weight is 499 g/mol. The van der Waals surface area contributed by atoms with Crippen LogP contribution in [-0.4, -0.2) is 56.2 Å². The molecule has 2 heterocycles. The van der Waals surface area contributed by atoms with Gasteiger partial charge in [0.1, 0.15) is 16.7 Å². The summed E-state index contributed by atoms with van der Waals surface area (Å²) in [5.74, 6) is 1.26. The Kier molecular flexibility index (Phi) is 7.57. The Bertz CT molecular complexity index is 1100. The number of nitrogens with one attached hydrogen (secondary N) is 1. The van der Waals surface area contributed by atoms with Crippen molar-refractivity contribution in [3.8, 4) is 11.5 Å². The van der Waals surface area contributed by atoms with E-state index in [0.29, 0.717) is 23.8 Å². The number of carbonyl (C=O) groups is 1. The summed E-state index contributed by atoms with van der Waals surface area (Å²) < 4.78 is 12.9. The van der Waals surface area contributed by atoms with Crippen LogP contribution in [0.4, 0.5) is 0 Å². The number of aromatic hydroxyl groups is 2. The molecule has 0 saturated carbocycles. The molecule has 0 bridgehead atoms. The molecule has 1 amide bonds. The van der Waals surface area contributed by atoms with E-state index in [1.165, 1.54) is 5.56 Å². The van der Waals surface area contributed by atoms with Crippen LogP contribution in [0.5, 0.6) is 11.5 Å². The highest BCUT2D eigenvalue weighted by molar-refractivity contribution is 7.85. The molecule has 1 fully saturated rings. The van der Waals surface area contributed by atoms with E-state index in [9.17, 15) is 19.2 Å². The lowest BCUT2D eigenvalue weighted by molar-refractivity contribution is -0.121. The molecule has 7 heteroatoms. The molecule has 3 N–H and O–H groups in total. The van der Waals surface area contributed by atoms with Gasteiger partial charge in [0.2, 0.25) is 5.91 Å². The fraction of sp³-hybridized carbons (Fsp3) is 0.536.